The summed E-state index contributed by atoms with van der Waals surface area (Å²) in [6.45, 7) is 2.81. The Morgan fingerprint density at radius 1 is 1.21 bits per heavy atom. The number of anilines is 1. The van der Waals surface area contributed by atoms with Crippen LogP contribution in [0, 0.1) is 0 Å². The molecule has 2 N–H and O–H groups in total. The Morgan fingerprint density at radius 2 is 2.00 bits per heavy atom. The summed E-state index contributed by atoms with van der Waals surface area (Å²) in [5.41, 5.74) is 6.55. The predicted octanol–water partition coefficient (Wildman–Crippen LogP) is 1.53. The van der Waals surface area contributed by atoms with Crippen LogP contribution in [-0.4, -0.2) is 18.1 Å². The number of hydrogen-bond donors (Lipinski definition) is 1. The van der Waals surface area contributed by atoms with E-state index < -0.39 is 0 Å². The lowest BCUT2D eigenvalue weighted by molar-refractivity contribution is 0.573. The summed E-state index contributed by atoms with van der Waals surface area (Å²) >= 11 is 0. The van der Waals surface area contributed by atoms with E-state index in [9.17, 15) is 0 Å². The lowest BCUT2D eigenvalue weighted by Crippen LogP contribution is -2.30. The van der Waals surface area contributed by atoms with Gasteiger partial charge in [-0.3, -0.25) is 0 Å². The number of rotatable bonds is 2. The molecule has 0 radical (unpaired) electrons. The lowest BCUT2D eigenvalue weighted by Gasteiger charge is -2.27. The van der Waals surface area contributed by atoms with Crippen molar-refractivity contribution in [2.75, 3.05) is 18.0 Å². The van der Waals surface area contributed by atoms with Gasteiger partial charge in [0.15, 0.2) is 0 Å². The molecule has 1 aliphatic rings. The van der Waals surface area contributed by atoms with Gasteiger partial charge in [0.25, 0.3) is 0 Å². The smallest absolute Gasteiger partial charge is 0.128 e. The van der Waals surface area contributed by atoms with Crippen molar-refractivity contribution in [3.05, 3.63) is 23.9 Å². The maximum atomic E-state index is 5.57. The molecule has 0 amide bonds. The van der Waals surface area contributed by atoms with E-state index in [4.69, 9.17) is 5.73 Å². The molecule has 1 aromatic heterocycles. The monoisotopic (exact) mass is 191 g/mol. The highest BCUT2D eigenvalue weighted by Crippen LogP contribution is 2.17. The van der Waals surface area contributed by atoms with Crippen molar-refractivity contribution in [2.24, 2.45) is 5.73 Å². The van der Waals surface area contributed by atoms with Crippen LogP contribution in [0.4, 0.5) is 5.82 Å². The van der Waals surface area contributed by atoms with Crippen LogP contribution in [0.25, 0.3) is 0 Å². The molecule has 3 heteroatoms. The quantitative estimate of drug-likeness (QED) is 0.771. The minimum Gasteiger partial charge on any atom is -0.357 e. The number of piperidine rings is 1. The van der Waals surface area contributed by atoms with E-state index in [1.807, 2.05) is 12.1 Å². The first-order valence-corrected chi connectivity index (χ1v) is 5.31. The van der Waals surface area contributed by atoms with Crippen molar-refractivity contribution in [3.63, 3.8) is 0 Å². The Balaban J connectivity index is 2.13. The second-order valence-electron chi connectivity index (χ2n) is 3.74. The van der Waals surface area contributed by atoms with Gasteiger partial charge >= 0.3 is 0 Å². The molecule has 0 saturated carbocycles. The van der Waals surface area contributed by atoms with Gasteiger partial charge in [-0.05, 0) is 31.4 Å². The Labute approximate surface area is 84.9 Å². The molecule has 2 rings (SSSR count). The first-order chi connectivity index (χ1) is 6.90. The Kier molecular flexibility index (Phi) is 2.99. The van der Waals surface area contributed by atoms with Crippen LogP contribution in [0.3, 0.4) is 0 Å². The Hall–Kier alpha value is -1.09. The molecule has 1 aliphatic heterocycles. The summed E-state index contributed by atoms with van der Waals surface area (Å²) < 4.78 is 0. The molecule has 0 unspecified atom stereocenters. The van der Waals surface area contributed by atoms with Gasteiger partial charge in [0, 0.05) is 19.6 Å². The van der Waals surface area contributed by atoms with E-state index in [-0.39, 0.29) is 0 Å². The lowest BCUT2D eigenvalue weighted by atomic mass is 10.1. The van der Waals surface area contributed by atoms with Crippen molar-refractivity contribution >= 4 is 5.82 Å². The third kappa shape index (κ3) is 2.04. The summed E-state index contributed by atoms with van der Waals surface area (Å²) in [6.07, 6.45) is 3.93. The van der Waals surface area contributed by atoms with Gasteiger partial charge < -0.3 is 10.6 Å². The zero-order valence-corrected chi connectivity index (χ0v) is 8.45. The van der Waals surface area contributed by atoms with Crippen LogP contribution < -0.4 is 10.6 Å². The van der Waals surface area contributed by atoms with E-state index in [1.165, 1.54) is 19.3 Å². The van der Waals surface area contributed by atoms with Crippen LogP contribution in [0.1, 0.15) is 25.0 Å². The minimum atomic E-state index is 0.529. The zero-order valence-electron chi connectivity index (χ0n) is 8.45. The van der Waals surface area contributed by atoms with Crippen molar-refractivity contribution in [1.82, 2.24) is 4.98 Å². The van der Waals surface area contributed by atoms with Crippen LogP contribution in [-0.2, 0) is 6.54 Å². The molecular weight excluding hydrogens is 174 g/mol. The topological polar surface area (TPSA) is 42.1 Å². The predicted molar refractivity (Wildman–Crippen MR) is 58.2 cm³/mol. The van der Waals surface area contributed by atoms with Gasteiger partial charge in [-0.25, -0.2) is 4.98 Å². The fourth-order valence-electron chi connectivity index (χ4n) is 1.88. The first-order valence-electron chi connectivity index (χ1n) is 5.31. The summed E-state index contributed by atoms with van der Waals surface area (Å²) in [5.74, 6) is 1.09. The van der Waals surface area contributed by atoms with E-state index in [2.05, 4.69) is 16.0 Å². The maximum Gasteiger partial charge on any atom is 0.128 e. The first kappa shape index (κ1) is 9.46. The molecule has 14 heavy (non-hydrogen) atoms. The summed E-state index contributed by atoms with van der Waals surface area (Å²) in [5, 5.41) is 0. The van der Waals surface area contributed by atoms with Gasteiger partial charge in [0.05, 0.1) is 5.69 Å². The van der Waals surface area contributed by atoms with E-state index in [0.29, 0.717) is 6.54 Å². The summed E-state index contributed by atoms with van der Waals surface area (Å²) in [4.78, 5) is 6.87. The molecule has 1 aromatic rings. The molecule has 3 nitrogen and oxygen atoms in total. The second-order valence-corrected chi connectivity index (χ2v) is 3.74. The summed E-state index contributed by atoms with van der Waals surface area (Å²) in [6, 6.07) is 6.09. The normalized spacial score (nSPS) is 17.1. The largest absolute Gasteiger partial charge is 0.357 e. The average Bonchev–Trinajstić information content (AvgIpc) is 2.30. The van der Waals surface area contributed by atoms with Gasteiger partial charge in [-0.15, -0.1) is 0 Å². The fraction of sp³-hybridized carbons (Fsp3) is 0.545. The molecule has 2 heterocycles. The zero-order chi connectivity index (χ0) is 9.80. The van der Waals surface area contributed by atoms with Crippen LogP contribution in [0.15, 0.2) is 18.2 Å². The van der Waals surface area contributed by atoms with Crippen molar-refractivity contribution in [3.8, 4) is 0 Å². The van der Waals surface area contributed by atoms with E-state index >= 15 is 0 Å². The average molecular weight is 191 g/mol. The Morgan fingerprint density at radius 3 is 2.71 bits per heavy atom. The van der Waals surface area contributed by atoms with Gasteiger partial charge in [-0.2, -0.15) is 0 Å². The summed E-state index contributed by atoms with van der Waals surface area (Å²) in [7, 11) is 0. The van der Waals surface area contributed by atoms with Crippen molar-refractivity contribution in [2.45, 2.75) is 25.8 Å². The van der Waals surface area contributed by atoms with E-state index in [0.717, 1.165) is 24.6 Å². The van der Waals surface area contributed by atoms with Crippen molar-refractivity contribution < 1.29 is 0 Å². The highest BCUT2D eigenvalue weighted by molar-refractivity contribution is 5.39. The van der Waals surface area contributed by atoms with Gasteiger partial charge in [0.1, 0.15) is 5.82 Å². The minimum absolute atomic E-state index is 0.529. The third-order valence-electron chi connectivity index (χ3n) is 2.68. The molecule has 0 aromatic carbocycles. The van der Waals surface area contributed by atoms with Crippen LogP contribution in [0.5, 0.6) is 0 Å². The number of pyridine rings is 1. The van der Waals surface area contributed by atoms with Gasteiger partial charge in [-0.1, -0.05) is 6.07 Å². The second kappa shape index (κ2) is 4.42. The molecule has 0 aliphatic carbocycles. The van der Waals surface area contributed by atoms with Gasteiger partial charge in [0.2, 0.25) is 0 Å². The number of aromatic nitrogens is 1. The third-order valence-corrected chi connectivity index (χ3v) is 2.68. The fourth-order valence-corrected chi connectivity index (χ4v) is 1.88. The van der Waals surface area contributed by atoms with E-state index in [1.54, 1.807) is 0 Å². The number of nitrogens with two attached hydrogens (primary N) is 1. The highest BCUT2D eigenvalue weighted by atomic mass is 15.2. The van der Waals surface area contributed by atoms with Crippen LogP contribution in [0.2, 0.25) is 0 Å². The molecular formula is C11H17N3. The Bertz CT molecular complexity index is 292. The molecule has 1 fully saturated rings. The molecule has 0 spiro atoms. The number of nitrogens with zero attached hydrogens (tertiary/aromatic N) is 2. The number of hydrogen-bond acceptors (Lipinski definition) is 3. The maximum absolute atomic E-state index is 5.57. The molecule has 0 atom stereocenters. The SMILES string of the molecule is NCc1cccc(N2CCCCC2)n1. The highest BCUT2D eigenvalue weighted by Gasteiger charge is 2.11. The van der Waals surface area contributed by atoms with Crippen molar-refractivity contribution in [1.29, 1.82) is 0 Å². The molecule has 1 saturated heterocycles. The van der Waals surface area contributed by atoms with Crippen LogP contribution >= 0.6 is 0 Å². The molecule has 76 valence electrons. The molecule has 0 bridgehead atoms. The standard InChI is InChI=1S/C11H17N3/c12-9-10-5-4-6-11(13-10)14-7-2-1-3-8-14/h4-6H,1-3,7-9,12H2.